The summed E-state index contributed by atoms with van der Waals surface area (Å²) in [5.41, 5.74) is 13.1. The summed E-state index contributed by atoms with van der Waals surface area (Å²) in [5.74, 6) is 0. The normalized spacial score (nSPS) is 11.6. The number of aromatic nitrogens is 3. The highest BCUT2D eigenvalue weighted by Crippen LogP contribution is 2.38. The Bertz CT molecular complexity index is 2880. The van der Waals surface area contributed by atoms with Gasteiger partial charge >= 0.3 is 0 Å². The van der Waals surface area contributed by atoms with Gasteiger partial charge < -0.3 is 0 Å². The maximum Gasteiger partial charge on any atom is 0.263 e. The lowest BCUT2D eigenvalue weighted by molar-refractivity contribution is 1.20. The van der Waals surface area contributed by atoms with Crippen LogP contribution in [-0.2, 0) is 0 Å². The first-order chi connectivity index (χ1) is 25.2. The summed E-state index contributed by atoms with van der Waals surface area (Å²) in [6.07, 6.45) is 1.85. The largest absolute Gasteiger partial charge is 0.273 e. The number of hydrogen-bond donors (Lipinski definition) is 0. The summed E-state index contributed by atoms with van der Waals surface area (Å²) in [6.45, 7) is 0. The lowest BCUT2D eigenvalue weighted by Crippen LogP contribution is -2.13. The van der Waals surface area contributed by atoms with Gasteiger partial charge in [-0.3, -0.25) is 14.2 Å². The van der Waals surface area contributed by atoms with Crippen LogP contribution in [0.5, 0.6) is 0 Å². The van der Waals surface area contributed by atoms with Crippen molar-refractivity contribution in [3.8, 4) is 55.9 Å². The van der Waals surface area contributed by atoms with Gasteiger partial charge in [0.15, 0.2) is 0 Å². The van der Waals surface area contributed by atoms with E-state index >= 15 is 0 Å². The summed E-state index contributed by atoms with van der Waals surface area (Å²) in [6, 6.07) is 58.6. The molecule has 0 aliphatic carbocycles. The highest BCUT2D eigenvalue weighted by atomic mass is 16.1. The average molecular weight is 652 g/mol. The third-order valence-corrected chi connectivity index (χ3v) is 9.98. The van der Waals surface area contributed by atoms with Crippen LogP contribution in [0.2, 0.25) is 0 Å². The minimum atomic E-state index is -0.0241. The van der Waals surface area contributed by atoms with Gasteiger partial charge in [0.25, 0.3) is 5.56 Å². The Labute approximate surface area is 293 Å². The molecule has 0 saturated heterocycles. The molecule has 4 heterocycles. The molecule has 238 valence electrons. The first-order valence-electron chi connectivity index (χ1n) is 17.1. The van der Waals surface area contributed by atoms with Gasteiger partial charge in [-0.1, -0.05) is 121 Å². The van der Waals surface area contributed by atoms with Crippen LogP contribution in [0.1, 0.15) is 0 Å². The number of fused-ring (bicyclic) bond motifs is 5. The van der Waals surface area contributed by atoms with E-state index in [2.05, 4.69) is 127 Å². The fraction of sp³-hybridized carbons (Fsp3) is 0. The minimum Gasteiger partial charge on any atom is -0.273 e. The zero-order chi connectivity index (χ0) is 33.9. The standard InChI is InChI=1S/C47H29N3O/c51-47-40-20-8-7-19-38(40)45-46-39(23-24-48-45)41-27-34(21-22-44(41)50(46)47)37-28-42(35-17-9-15-32(25-35)30-11-3-1-4-12-30)49-43(29-37)36-18-10-16-33(26-36)31-13-5-2-6-14-31/h1-29H. The molecule has 0 N–H and O–H groups in total. The molecule has 0 radical (unpaired) electrons. The molecular weight excluding hydrogens is 623 g/mol. The van der Waals surface area contributed by atoms with Gasteiger partial charge in [0.2, 0.25) is 0 Å². The second-order valence-electron chi connectivity index (χ2n) is 13.0. The summed E-state index contributed by atoms with van der Waals surface area (Å²) in [5, 5.41) is 3.58. The maximum absolute atomic E-state index is 13.9. The first kappa shape index (κ1) is 29.0. The third-order valence-electron chi connectivity index (χ3n) is 9.98. The van der Waals surface area contributed by atoms with Gasteiger partial charge in [0, 0.05) is 38.9 Å². The van der Waals surface area contributed by atoms with E-state index < -0.39 is 0 Å². The topological polar surface area (TPSA) is 47.3 Å². The van der Waals surface area contributed by atoms with Crippen LogP contribution in [0.3, 0.4) is 0 Å². The molecular formula is C47H29N3O. The second-order valence-corrected chi connectivity index (χ2v) is 13.0. The molecule has 4 heteroatoms. The van der Waals surface area contributed by atoms with E-state index in [-0.39, 0.29) is 5.56 Å². The van der Waals surface area contributed by atoms with Crippen molar-refractivity contribution >= 4 is 38.1 Å². The van der Waals surface area contributed by atoms with Crippen LogP contribution >= 0.6 is 0 Å². The smallest absolute Gasteiger partial charge is 0.263 e. The molecule has 0 bridgehead atoms. The SMILES string of the molecule is O=c1c2ccccc2c2nccc3c4cc(-c5cc(-c6cccc(-c7ccccc7)c6)nc(-c6cccc(-c7ccccc7)c6)c5)ccc4n1c32. The molecule has 4 nitrogen and oxygen atoms in total. The Balaban J connectivity index is 1.20. The molecule has 10 aromatic rings. The van der Waals surface area contributed by atoms with Gasteiger partial charge in [0.05, 0.1) is 27.9 Å². The second kappa shape index (κ2) is 11.6. The molecule has 0 saturated carbocycles. The molecule has 4 aromatic heterocycles. The maximum atomic E-state index is 13.9. The lowest BCUT2D eigenvalue weighted by Gasteiger charge is -2.13. The Kier molecular flexibility index (Phi) is 6.61. The first-order valence-corrected chi connectivity index (χ1v) is 17.1. The highest BCUT2D eigenvalue weighted by Gasteiger charge is 2.19. The monoisotopic (exact) mass is 651 g/mol. The molecule has 0 unspecified atom stereocenters. The predicted molar refractivity (Wildman–Crippen MR) is 210 cm³/mol. The van der Waals surface area contributed by atoms with E-state index in [0.717, 1.165) is 88.6 Å². The fourth-order valence-corrected chi connectivity index (χ4v) is 7.52. The number of hydrogen-bond acceptors (Lipinski definition) is 3. The van der Waals surface area contributed by atoms with Gasteiger partial charge in [0.1, 0.15) is 0 Å². The van der Waals surface area contributed by atoms with Crippen molar-refractivity contribution in [2.24, 2.45) is 0 Å². The number of benzene rings is 6. The molecule has 0 amide bonds. The van der Waals surface area contributed by atoms with E-state index in [4.69, 9.17) is 9.97 Å². The number of nitrogens with zero attached hydrogens (tertiary/aromatic N) is 3. The van der Waals surface area contributed by atoms with Crippen molar-refractivity contribution in [3.05, 3.63) is 186 Å². The summed E-state index contributed by atoms with van der Waals surface area (Å²) >= 11 is 0. The van der Waals surface area contributed by atoms with Crippen LogP contribution in [0, 0.1) is 0 Å². The summed E-state index contributed by atoms with van der Waals surface area (Å²) in [4.78, 5) is 24.0. The molecule has 6 aromatic carbocycles. The van der Waals surface area contributed by atoms with E-state index in [1.807, 2.05) is 53.1 Å². The van der Waals surface area contributed by atoms with Crippen molar-refractivity contribution in [2.75, 3.05) is 0 Å². The van der Waals surface area contributed by atoms with Crippen molar-refractivity contribution < 1.29 is 0 Å². The minimum absolute atomic E-state index is 0.0241. The van der Waals surface area contributed by atoms with Crippen molar-refractivity contribution in [3.63, 3.8) is 0 Å². The van der Waals surface area contributed by atoms with Crippen molar-refractivity contribution in [2.45, 2.75) is 0 Å². The van der Waals surface area contributed by atoms with Gasteiger partial charge in [-0.15, -0.1) is 0 Å². The van der Waals surface area contributed by atoms with Crippen molar-refractivity contribution in [1.82, 2.24) is 14.4 Å². The van der Waals surface area contributed by atoms with E-state index in [1.54, 1.807) is 0 Å². The van der Waals surface area contributed by atoms with E-state index in [9.17, 15) is 4.79 Å². The Morgan fingerprint density at radius 3 is 1.59 bits per heavy atom. The Morgan fingerprint density at radius 2 is 0.941 bits per heavy atom. The zero-order valence-corrected chi connectivity index (χ0v) is 27.5. The Morgan fingerprint density at radius 1 is 0.392 bits per heavy atom. The molecule has 0 aliphatic heterocycles. The zero-order valence-electron chi connectivity index (χ0n) is 27.5. The van der Waals surface area contributed by atoms with Crippen LogP contribution < -0.4 is 5.56 Å². The van der Waals surface area contributed by atoms with Gasteiger partial charge in [-0.05, 0) is 81.9 Å². The molecule has 0 aliphatic rings. The average Bonchev–Trinajstić information content (AvgIpc) is 3.55. The Hall–Kier alpha value is -6.91. The molecule has 51 heavy (non-hydrogen) atoms. The van der Waals surface area contributed by atoms with Crippen LogP contribution in [0.4, 0.5) is 0 Å². The molecule has 0 fully saturated rings. The number of rotatable bonds is 5. The van der Waals surface area contributed by atoms with Crippen LogP contribution in [0.25, 0.3) is 94.0 Å². The van der Waals surface area contributed by atoms with Gasteiger partial charge in [-0.2, -0.15) is 0 Å². The molecule has 0 atom stereocenters. The van der Waals surface area contributed by atoms with Crippen LogP contribution in [-0.4, -0.2) is 14.4 Å². The van der Waals surface area contributed by atoms with Gasteiger partial charge in [-0.25, -0.2) is 4.98 Å². The van der Waals surface area contributed by atoms with Crippen molar-refractivity contribution in [1.29, 1.82) is 0 Å². The summed E-state index contributed by atoms with van der Waals surface area (Å²) in [7, 11) is 0. The van der Waals surface area contributed by atoms with E-state index in [1.165, 1.54) is 0 Å². The summed E-state index contributed by atoms with van der Waals surface area (Å²) < 4.78 is 1.84. The predicted octanol–water partition coefficient (Wildman–Crippen LogP) is 11.3. The van der Waals surface area contributed by atoms with E-state index in [0.29, 0.717) is 5.39 Å². The lowest BCUT2D eigenvalue weighted by atomic mass is 9.96. The number of pyridine rings is 3. The fourth-order valence-electron chi connectivity index (χ4n) is 7.52. The third kappa shape index (κ3) is 4.80. The molecule has 0 spiro atoms. The molecule has 10 rings (SSSR count). The highest BCUT2D eigenvalue weighted by molar-refractivity contribution is 6.19. The quantitative estimate of drug-likeness (QED) is 0.174. The van der Waals surface area contributed by atoms with Crippen LogP contribution in [0.15, 0.2) is 181 Å².